The highest BCUT2D eigenvalue weighted by atomic mass is 35.5. The van der Waals surface area contributed by atoms with Gasteiger partial charge in [0.25, 0.3) is 10.0 Å². The molecule has 0 bridgehead atoms. The van der Waals surface area contributed by atoms with Crippen LogP contribution in [0.25, 0.3) is 0 Å². The predicted octanol–water partition coefficient (Wildman–Crippen LogP) is 5.14. The second kappa shape index (κ2) is 11.4. The zero-order valence-electron chi connectivity index (χ0n) is 17.7. The van der Waals surface area contributed by atoms with Crippen molar-refractivity contribution in [2.75, 3.05) is 23.1 Å². The van der Waals surface area contributed by atoms with Crippen LogP contribution in [0.15, 0.2) is 88.7 Å². The van der Waals surface area contributed by atoms with Gasteiger partial charge >= 0.3 is 0 Å². The number of thioether (sulfide) groups is 1. The minimum Gasteiger partial charge on any atom is -0.354 e. The second-order valence-corrected chi connectivity index (χ2v) is 10.6. The topological polar surface area (TPSA) is 66.5 Å². The third-order valence-corrected chi connectivity index (χ3v) is 7.86. The van der Waals surface area contributed by atoms with Crippen LogP contribution in [0.1, 0.15) is 12.0 Å². The first-order valence-electron chi connectivity index (χ1n) is 10.2. The molecule has 1 amide bonds. The van der Waals surface area contributed by atoms with E-state index in [1.807, 2.05) is 6.92 Å². The molecule has 0 saturated heterocycles. The first-order valence-corrected chi connectivity index (χ1v) is 13.0. The van der Waals surface area contributed by atoms with E-state index in [0.717, 1.165) is 16.5 Å². The molecule has 5 nitrogen and oxygen atoms in total. The molecule has 0 unspecified atom stereocenters. The molecule has 0 aliphatic heterocycles. The Balaban J connectivity index is 1.62. The Morgan fingerprint density at radius 2 is 1.62 bits per heavy atom. The Labute approximate surface area is 198 Å². The molecule has 3 rings (SSSR count). The largest absolute Gasteiger partial charge is 0.354 e. The van der Waals surface area contributed by atoms with Crippen LogP contribution in [0.2, 0.25) is 5.02 Å². The summed E-state index contributed by atoms with van der Waals surface area (Å²) in [5.41, 5.74) is 1.48. The van der Waals surface area contributed by atoms with E-state index in [9.17, 15) is 13.2 Å². The lowest BCUT2D eigenvalue weighted by molar-refractivity contribution is -0.119. The van der Waals surface area contributed by atoms with Crippen LogP contribution in [0, 0.1) is 6.92 Å². The lowest BCUT2D eigenvalue weighted by Gasteiger charge is -2.25. The number of carbonyl (C=O) groups is 1. The van der Waals surface area contributed by atoms with E-state index in [1.165, 1.54) is 22.6 Å². The Bertz CT molecular complexity index is 1140. The highest BCUT2D eigenvalue weighted by molar-refractivity contribution is 7.99. The summed E-state index contributed by atoms with van der Waals surface area (Å²) in [6.07, 6.45) is 0.766. The van der Waals surface area contributed by atoms with E-state index in [4.69, 9.17) is 11.6 Å². The fraction of sp³-hybridized carbons (Fsp3) is 0.208. The summed E-state index contributed by atoms with van der Waals surface area (Å²) < 4.78 is 27.6. The molecule has 0 aromatic heterocycles. The number of aryl methyl sites for hydroxylation is 1. The summed E-state index contributed by atoms with van der Waals surface area (Å²) in [6, 6.07) is 22.9. The molecule has 1 N–H and O–H groups in total. The first kappa shape index (κ1) is 24.2. The van der Waals surface area contributed by atoms with E-state index < -0.39 is 10.0 Å². The molecule has 0 aliphatic rings. The summed E-state index contributed by atoms with van der Waals surface area (Å²) in [7, 11) is -3.96. The Morgan fingerprint density at radius 1 is 0.969 bits per heavy atom. The van der Waals surface area contributed by atoms with Gasteiger partial charge in [0, 0.05) is 11.4 Å². The number of anilines is 1. The average Bonchev–Trinajstić information content (AvgIpc) is 2.79. The number of nitrogens with one attached hydrogen (secondary N) is 1. The maximum Gasteiger partial charge on any atom is 0.264 e. The minimum atomic E-state index is -3.96. The van der Waals surface area contributed by atoms with Crippen LogP contribution in [-0.2, 0) is 14.8 Å². The van der Waals surface area contributed by atoms with Gasteiger partial charge in [0.15, 0.2) is 0 Å². The molecule has 0 spiro atoms. The van der Waals surface area contributed by atoms with Crippen molar-refractivity contribution >= 4 is 45.0 Å². The molecule has 0 fully saturated rings. The number of carbonyl (C=O) groups excluding carboxylic acids is 1. The smallest absolute Gasteiger partial charge is 0.264 e. The highest BCUT2D eigenvalue weighted by Crippen LogP contribution is 2.30. The molecule has 0 heterocycles. The van der Waals surface area contributed by atoms with E-state index in [-0.39, 0.29) is 28.1 Å². The highest BCUT2D eigenvalue weighted by Gasteiger charge is 2.28. The Hall–Kier alpha value is -2.48. The summed E-state index contributed by atoms with van der Waals surface area (Å²) >= 11 is 7.99. The molecule has 3 aromatic rings. The van der Waals surface area contributed by atoms with Gasteiger partial charge in [0.1, 0.15) is 6.54 Å². The van der Waals surface area contributed by atoms with Crippen molar-refractivity contribution < 1.29 is 13.2 Å². The SMILES string of the molecule is Cc1ccc(SCCCNC(=O)CN(c2ccccc2Cl)S(=O)(=O)c2ccccc2)cc1. The number of halogens is 1. The molecule has 0 saturated carbocycles. The maximum atomic E-state index is 13.3. The van der Waals surface area contributed by atoms with Gasteiger partial charge in [-0.25, -0.2) is 8.42 Å². The van der Waals surface area contributed by atoms with Gasteiger partial charge in [-0.3, -0.25) is 9.10 Å². The van der Waals surface area contributed by atoms with E-state index in [0.29, 0.717) is 6.54 Å². The number of para-hydroxylation sites is 1. The second-order valence-electron chi connectivity index (χ2n) is 7.14. The van der Waals surface area contributed by atoms with Crippen molar-refractivity contribution in [3.05, 3.63) is 89.4 Å². The van der Waals surface area contributed by atoms with Crippen LogP contribution < -0.4 is 9.62 Å². The third kappa shape index (κ3) is 6.51. The Morgan fingerprint density at radius 3 is 2.31 bits per heavy atom. The summed E-state index contributed by atoms with van der Waals surface area (Å²) in [4.78, 5) is 13.9. The number of benzene rings is 3. The molecular weight excluding hydrogens is 464 g/mol. The molecule has 168 valence electrons. The molecule has 3 aromatic carbocycles. The van der Waals surface area contributed by atoms with Gasteiger partial charge < -0.3 is 5.32 Å². The van der Waals surface area contributed by atoms with Crippen LogP contribution in [-0.4, -0.2) is 33.2 Å². The van der Waals surface area contributed by atoms with Gasteiger partial charge in [-0.2, -0.15) is 0 Å². The number of nitrogens with zero attached hydrogens (tertiary/aromatic N) is 1. The van der Waals surface area contributed by atoms with Gasteiger partial charge in [-0.1, -0.05) is 59.6 Å². The van der Waals surface area contributed by atoms with Crippen molar-refractivity contribution in [1.29, 1.82) is 0 Å². The van der Waals surface area contributed by atoms with Gasteiger partial charge in [0.2, 0.25) is 5.91 Å². The fourth-order valence-electron chi connectivity index (χ4n) is 2.98. The maximum absolute atomic E-state index is 13.3. The van der Waals surface area contributed by atoms with E-state index >= 15 is 0 Å². The zero-order chi connectivity index (χ0) is 23.0. The lowest BCUT2D eigenvalue weighted by Crippen LogP contribution is -2.41. The van der Waals surface area contributed by atoms with Crippen molar-refractivity contribution in [2.45, 2.75) is 23.1 Å². The number of hydrogen-bond donors (Lipinski definition) is 1. The van der Waals surface area contributed by atoms with Crippen molar-refractivity contribution in [3.8, 4) is 0 Å². The summed E-state index contributed by atoms with van der Waals surface area (Å²) in [5.74, 6) is 0.463. The standard InChI is InChI=1S/C24H25ClN2O3S2/c1-19-12-14-20(15-13-19)31-17-7-16-26-24(28)18-27(23-11-6-5-10-22(23)25)32(29,30)21-8-3-2-4-9-21/h2-6,8-15H,7,16-18H2,1H3,(H,26,28). The molecular formula is C24H25ClN2O3S2. The molecule has 0 atom stereocenters. The fourth-order valence-corrected chi connectivity index (χ4v) is 5.59. The van der Waals surface area contributed by atoms with Crippen LogP contribution in [0.4, 0.5) is 5.69 Å². The summed E-state index contributed by atoms with van der Waals surface area (Å²) in [6.45, 7) is 2.15. The van der Waals surface area contributed by atoms with Crippen molar-refractivity contribution in [1.82, 2.24) is 5.32 Å². The number of sulfonamides is 1. The lowest BCUT2D eigenvalue weighted by atomic mass is 10.2. The van der Waals surface area contributed by atoms with Gasteiger partial charge in [-0.05, 0) is 55.5 Å². The van der Waals surface area contributed by atoms with Crippen molar-refractivity contribution in [2.24, 2.45) is 0 Å². The van der Waals surface area contributed by atoms with E-state index in [1.54, 1.807) is 54.2 Å². The number of amides is 1. The average molecular weight is 489 g/mol. The van der Waals surface area contributed by atoms with Crippen LogP contribution in [0.5, 0.6) is 0 Å². The zero-order valence-corrected chi connectivity index (χ0v) is 20.1. The quantitative estimate of drug-likeness (QED) is 0.317. The normalized spacial score (nSPS) is 11.2. The van der Waals surface area contributed by atoms with Gasteiger partial charge in [-0.15, -0.1) is 11.8 Å². The minimum absolute atomic E-state index is 0.0993. The molecule has 0 radical (unpaired) electrons. The third-order valence-electron chi connectivity index (χ3n) is 4.67. The van der Waals surface area contributed by atoms with Gasteiger partial charge in [0.05, 0.1) is 15.6 Å². The van der Waals surface area contributed by atoms with Crippen molar-refractivity contribution in [3.63, 3.8) is 0 Å². The monoisotopic (exact) mass is 488 g/mol. The van der Waals surface area contributed by atoms with Crippen LogP contribution >= 0.6 is 23.4 Å². The van der Waals surface area contributed by atoms with E-state index in [2.05, 4.69) is 29.6 Å². The molecule has 0 aliphatic carbocycles. The summed E-state index contributed by atoms with van der Waals surface area (Å²) in [5, 5.41) is 3.08. The van der Waals surface area contributed by atoms with Crippen LogP contribution in [0.3, 0.4) is 0 Å². The molecule has 8 heteroatoms. The number of hydrogen-bond acceptors (Lipinski definition) is 4. The first-order chi connectivity index (χ1) is 15.4. The number of rotatable bonds is 10. The molecule has 32 heavy (non-hydrogen) atoms. The predicted molar refractivity (Wildman–Crippen MR) is 132 cm³/mol. The Kier molecular flexibility index (Phi) is 8.61.